The lowest BCUT2D eigenvalue weighted by Gasteiger charge is -2.08. The standard InChI is InChI=1S/C14H12N4S/c1-2-5-11-10(4-1)13(14-15-7-8-16-14)17-18(11)12-6-3-9-19-12/h1,3-4,6-9H,2,5H2,(H,15,16). The molecule has 0 fully saturated rings. The Kier molecular flexibility index (Phi) is 2.38. The molecule has 0 unspecified atom stereocenters. The van der Waals surface area contributed by atoms with Crippen LogP contribution in [0.4, 0.5) is 0 Å². The minimum absolute atomic E-state index is 0.832. The number of hydrogen-bond donors (Lipinski definition) is 1. The minimum Gasteiger partial charge on any atom is -0.343 e. The van der Waals surface area contributed by atoms with Crippen LogP contribution in [0.2, 0.25) is 0 Å². The van der Waals surface area contributed by atoms with Gasteiger partial charge in [0, 0.05) is 18.0 Å². The quantitative estimate of drug-likeness (QED) is 0.775. The number of imidazole rings is 1. The molecule has 0 saturated heterocycles. The normalized spacial score (nSPS) is 13.7. The van der Waals surface area contributed by atoms with Crippen LogP contribution >= 0.6 is 11.3 Å². The molecule has 3 aromatic rings. The van der Waals surface area contributed by atoms with Crippen LogP contribution in [0.15, 0.2) is 36.0 Å². The van der Waals surface area contributed by atoms with Gasteiger partial charge in [-0.2, -0.15) is 5.10 Å². The second-order valence-corrected chi connectivity index (χ2v) is 5.38. The number of allylic oxidation sites excluding steroid dienone is 1. The van der Waals surface area contributed by atoms with Gasteiger partial charge in [-0.15, -0.1) is 11.3 Å². The fourth-order valence-electron chi connectivity index (χ4n) is 2.44. The predicted octanol–water partition coefficient (Wildman–Crippen LogP) is 3.28. The number of fused-ring (bicyclic) bond motifs is 1. The summed E-state index contributed by atoms with van der Waals surface area (Å²) >= 11 is 1.71. The maximum atomic E-state index is 4.76. The van der Waals surface area contributed by atoms with E-state index in [2.05, 4.69) is 44.3 Å². The Morgan fingerprint density at radius 1 is 1.37 bits per heavy atom. The molecule has 4 rings (SSSR count). The average molecular weight is 268 g/mol. The smallest absolute Gasteiger partial charge is 0.158 e. The molecule has 1 N–H and O–H groups in total. The summed E-state index contributed by atoms with van der Waals surface area (Å²) in [6.45, 7) is 0. The molecule has 0 aliphatic heterocycles. The van der Waals surface area contributed by atoms with Crippen LogP contribution in [0.25, 0.3) is 22.6 Å². The van der Waals surface area contributed by atoms with E-state index >= 15 is 0 Å². The highest BCUT2D eigenvalue weighted by atomic mass is 32.1. The van der Waals surface area contributed by atoms with Gasteiger partial charge in [-0.05, 0) is 30.4 Å². The predicted molar refractivity (Wildman–Crippen MR) is 76.4 cm³/mol. The van der Waals surface area contributed by atoms with Crippen molar-refractivity contribution in [2.24, 2.45) is 0 Å². The van der Waals surface area contributed by atoms with E-state index in [0.717, 1.165) is 29.4 Å². The van der Waals surface area contributed by atoms with Gasteiger partial charge in [-0.3, -0.25) is 0 Å². The lowest BCUT2D eigenvalue weighted by atomic mass is 10.0. The van der Waals surface area contributed by atoms with E-state index < -0.39 is 0 Å². The number of aromatic nitrogens is 4. The lowest BCUT2D eigenvalue weighted by molar-refractivity contribution is 0.801. The zero-order valence-electron chi connectivity index (χ0n) is 10.2. The molecule has 0 bridgehead atoms. The Labute approximate surface area is 114 Å². The number of rotatable bonds is 2. The molecule has 19 heavy (non-hydrogen) atoms. The van der Waals surface area contributed by atoms with Crippen molar-refractivity contribution in [3.63, 3.8) is 0 Å². The lowest BCUT2D eigenvalue weighted by Crippen LogP contribution is -2.02. The molecule has 0 aromatic carbocycles. The summed E-state index contributed by atoms with van der Waals surface area (Å²) in [5.41, 5.74) is 3.40. The summed E-state index contributed by atoms with van der Waals surface area (Å²) in [7, 11) is 0. The van der Waals surface area contributed by atoms with Crippen molar-refractivity contribution in [2.45, 2.75) is 12.8 Å². The number of thiophene rings is 1. The van der Waals surface area contributed by atoms with E-state index in [4.69, 9.17) is 5.10 Å². The third kappa shape index (κ3) is 1.66. The average Bonchev–Trinajstić information content (AvgIpc) is 3.18. The minimum atomic E-state index is 0.832. The van der Waals surface area contributed by atoms with Crippen molar-refractivity contribution in [3.05, 3.63) is 47.2 Å². The Morgan fingerprint density at radius 3 is 3.16 bits per heavy atom. The summed E-state index contributed by atoms with van der Waals surface area (Å²) in [5, 5.41) is 7.99. The van der Waals surface area contributed by atoms with Crippen molar-refractivity contribution >= 4 is 17.4 Å². The van der Waals surface area contributed by atoms with Gasteiger partial charge in [0.2, 0.25) is 0 Å². The molecular formula is C14H12N4S. The first-order valence-corrected chi connectivity index (χ1v) is 7.13. The van der Waals surface area contributed by atoms with Crippen molar-refractivity contribution < 1.29 is 0 Å². The zero-order chi connectivity index (χ0) is 12.7. The summed E-state index contributed by atoms with van der Waals surface area (Å²) in [4.78, 5) is 7.47. The topological polar surface area (TPSA) is 46.5 Å². The van der Waals surface area contributed by atoms with E-state index in [-0.39, 0.29) is 0 Å². The molecule has 5 heteroatoms. The molecule has 1 aliphatic rings. The van der Waals surface area contributed by atoms with Crippen molar-refractivity contribution in [2.75, 3.05) is 0 Å². The maximum Gasteiger partial charge on any atom is 0.158 e. The van der Waals surface area contributed by atoms with Gasteiger partial charge in [-0.1, -0.05) is 12.2 Å². The molecule has 3 aromatic heterocycles. The van der Waals surface area contributed by atoms with Gasteiger partial charge in [-0.25, -0.2) is 9.67 Å². The van der Waals surface area contributed by atoms with Crippen LogP contribution in [0.5, 0.6) is 0 Å². The highest BCUT2D eigenvalue weighted by Gasteiger charge is 2.21. The molecule has 94 valence electrons. The maximum absolute atomic E-state index is 4.76. The van der Waals surface area contributed by atoms with Crippen molar-refractivity contribution in [1.82, 2.24) is 19.7 Å². The molecule has 0 spiro atoms. The fourth-order valence-corrected chi connectivity index (χ4v) is 3.15. The van der Waals surface area contributed by atoms with Crippen molar-refractivity contribution in [1.29, 1.82) is 0 Å². The molecule has 3 heterocycles. The monoisotopic (exact) mass is 268 g/mol. The third-order valence-electron chi connectivity index (χ3n) is 3.29. The van der Waals surface area contributed by atoms with E-state index in [9.17, 15) is 0 Å². The first-order chi connectivity index (χ1) is 9.43. The summed E-state index contributed by atoms with van der Waals surface area (Å²) < 4.78 is 2.06. The number of nitrogens with zero attached hydrogens (tertiary/aromatic N) is 3. The van der Waals surface area contributed by atoms with Gasteiger partial charge in [0.1, 0.15) is 10.7 Å². The van der Waals surface area contributed by atoms with Crippen LogP contribution in [0, 0.1) is 0 Å². The van der Waals surface area contributed by atoms with Gasteiger partial charge in [0.15, 0.2) is 5.82 Å². The third-order valence-corrected chi connectivity index (χ3v) is 4.14. The van der Waals surface area contributed by atoms with Crippen LogP contribution in [0.3, 0.4) is 0 Å². The SMILES string of the molecule is C1=Cc2c(-c3ncc[nH]3)nn(-c3cccs3)c2CC1. The van der Waals surface area contributed by atoms with E-state index in [1.165, 1.54) is 11.3 Å². The van der Waals surface area contributed by atoms with E-state index in [1.807, 2.05) is 6.20 Å². The van der Waals surface area contributed by atoms with Gasteiger partial charge >= 0.3 is 0 Å². The number of hydrogen-bond acceptors (Lipinski definition) is 3. The number of aromatic amines is 1. The molecule has 0 radical (unpaired) electrons. The van der Waals surface area contributed by atoms with Crippen molar-refractivity contribution in [3.8, 4) is 16.5 Å². The fraction of sp³-hybridized carbons (Fsp3) is 0.143. The largest absolute Gasteiger partial charge is 0.343 e. The molecular weight excluding hydrogens is 256 g/mol. The van der Waals surface area contributed by atoms with Crippen LogP contribution in [-0.4, -0.2) is 19.7 Å². The van der Waals surface area contributed by atoms with Gasteiger partial charge < -0.3 is 4.98 Å². The molecule has 0 saturated carbocycles. The van der Waals surface area contributed by atoms with Crippen LogP contribution in [-0.2, 0) is 6.42 Å². The highest BCUT2D eigenvalue weighted by molar-refractivity contribution is 7.12. The zero-order valence-corrected chi connectivity index (χ0v) is 11.0. The van der Waals surface area contributed by atoms with Gasteiger partial charge in [0.05, 0.1) is 5.69 Å². The Bertz CT molecular complexity index is 720. The molecule has 0 amide bonds. The Balaban J connectivity index is 1.97. The van der Waals surface area contributed by atoms with E-state index in [1.54, 1.807) is 17.5 Å². The Morgan fingerprint density at radius 2 is 2.37 bits per heavy atom. The first-order valence-electron chi connectivity index (χ1n) is 6.25. The summed E-state index contributed by atoms with van der Waals surface area (Å²) in [6, 6.07) is 4.15. The van der Waals surface area contributed by atoms with Crippen LogP contribution in [0.1, 0.15) is 17.7 Å². The van der Waals surface area contributed by atoms with Crippen LogP contribution < -0.4 is 0 Å². The summed E-state index contributed by atoms with van der Waals surface area (Å²) in [6.07, 6.45) is 10.1. The van der Waals surface area contributed by atoms with Gasteiger partial charge in [0.25, 0.3) is 0 Å². The second-order valence-electron chi connectivity index (χ2n) is 4.45. The summed E-state index contributed by atoms with van der Waals surface area (Å²) in [5.74, 6) is 0.832. The molecule has 1 aliphatic carbocycles. The number of H-pyrrole nitrogens is 1. The highest BCUT2D eigenvalue weighted by Crippen LogP contribution is 2.31. The Hall–Kier alpha value is -2.14. The number of nitrogens with one attached hydrogen (secondary N) is 1. The second kappa shape index (κ2) is 4.20. The first kappa shape index (κ1) is 10.8. The van der Waals surface area contributed by atoms with E-state index in [0.29, 0.717) is 0 Å². The molecule has 4 nitrogen and oxygen atoms in total. The molecule has 0 atom stereocenters.